The van der Waals surface area contributed by atoms with E-state index in [1.165, 1.54) is 12.8 Å². The number of nitrogens with one attached hydrogen (secondary N) is 1. The van der Waals surface area contributed by atoms with Gasteiger partial charge in [0.15, 0.2) is 0 Å². The Bertz CT molecular complexity index is 489. The first-order chi connectivity index (χ1) is 10.1. The van der Waals surface area contributed by atoms with Gasteiger partial charge in [-0.15, -0.1) is 0 Å². The SMILES string of the molecule is C[C@H]1[C@@H](NC(=O)CSC(=O)c2ccccc2)CCC[C@@H]1C. The van der Waals surface area contributed by atoms with Gasteiger partial charge in [-0.3, -0.25) is 9.59 Å². The second-order valence-corrected chi connectivity index (χ2v) is 6.83. The van der Waals surface area contributed by atoms with Crippen LogP contribution in [0.15, 0.2) is 30.3 Å². The van der Waals surface area contributed by atoms with Crippen molar-refractivity contribution in [2.75, 3.05) is 5.75 Å². The third-order valence-electron chi connectivity index (χ3n) is 4.40. The molecule has 0 aliphatic heterocycles. The molecule has 0 heterocycles. The van der Waals surface area contributed by atoms with E-state index < -0.39 is 0 Å². The molecule has 4 heteroatoms. The van der Waals surface area contributed by atoms with E-state index in [4.69, 9.17) is 0 Å². The van der Waals surface area contributed by atoms with E-state index in [9.17, 15) is 9.59 Å². The minimum Gasteiger partial charge on any atom is -0.352 e. The standard InChI is InChI=1S/C17H23NO2S/c1-12-7-6-10-15(13(12)2)18-16(19)11-21-17(20)14-8-4-3-5-9-14/h3-5,8-9,12-13,15H,6-7,10-11H2,1-2H3,(H,18,19)/t12-,13+,15-/m0/s1. The van der Waals surface area contributed by atoms with Crippen LogP contribution in [0.4, 0.5) is 0 Å². The topological polar surface area (TPSA) is 46.2 Å². The Hall–Kier alpha value is -1.29. The molecular weight excluding hydrogens is 282 g/mol. The molecule has 1 amide bonds. The smallest absolute Gasteiger partial charge is 0.230 e. The number of carbonyl (C=O) groups is 2. The fraction of sp³-hybridized carbons (Fsp3) is 0.529. The van der Waals surface area contributed by atoms with Crippen LogP contribution in [0.5, 0.6) is 0 Å². The molecule has 1 N–H and O–H groups in total. The Morgan fingerprint density at radius 2 is 1.90 bits per heavy atom. The Labute approximate surface area is 130 Å². The van der Waals surface area contributed by atoms with Crippen LogP contribution >= 0.6 is 11.8 Å². The number of thioether (sulfide) groups is 1. The molecule has 114 valence electrons. The summed E-state index contributed by atoms with van der Waals surface area (Å²) in [6.45, 7) is 4.45. The Morgan fingerprint density at radius 3 is 2.62 bits per heavy atom. The summed E-state index contributed by atoms with van der Waals surface area (Å²) in [7, 11) is 0. The highest BCUT2D eigenvalue weighted by Crippen LogP contribution is 2.29. The highest BCUT2D eigenvalue weighted by molar-refractivity contribution is 8.14. The van der Waals surface area contributed by atoms with Crippen LogP contribution in [0, 0.1) is 11.8 Å². The molecule has 2 rings (SSSR count). The van der Waals surface area contributed by atoms with E-state index in [0.717, 1.165) is 18.2 Å². The lowest BCUT2D eigenvalue weighted by Crippen LogP contribution is -2.44. The van der Waals surface area contributed by atoms with Gasteiger partial charge in [-0.2, -0.15) is 0 Å². The van der Waals surface area contributed by atoms with E-state index in [0.29, 0.717) is 17.4 Å². The van der Waals surface area contributed by atoms with Gasteiger partial charge in [0.05, 0.1) is 5.75 Å². The Balaban J connectivity index is 1.78. The first-order valence-electron chi connectivity index (χ1n) is 7.59. The van der Waals surface area contributed by atoms with E-state index in [1.54, 1.807) is 12.1 Å². The van der Waals surface area contributed by atoms with E-state index >= 15 is 0 Å². The number of rotatable bonds is 4. The highest BCUT2D eigenvalue weighted by Gasteiger charge is 2.28. The van der Waals surface area contributed by atoms with Crippen LogP contribution in [0.3, 0.4) is 0 Å². The van der Waals surface area contributed by atoms with Crippen molar-refractivity contribution >= 4 is 22.8 Å². The molecule has 0 bridgehead atoms. The van der Waals surface area contributed by atoms with Gasteiger partial charge in [-0.1, -0.05) is 68.8 Å². The van der Waals surface area contributed by atoms with Crippen LogP contribution in [-0.2, 0) is 4.79 Å². The quantitative estimate of drug-likeness (QED) is 0.926. The zero-order chi connectivity index (χ0) is 15.2. The largest absolute Gasteiger partial charge is 0.352 e. The third kappa shape index (κ3) is 4.60. The molecule has 1 saturated carbocycles. The molecule has 1 aliphatic carbocycles. The summed E-state index contributed by atoms with van der Waals surface area (Å²) < 4.78 is 0. The molecule has 1 fully saturated rings. The lowest BCUT2D eigenvalue weighted by atomic mass is 9.78. The fourth-order valence-corrected chi connectivity index (χ4v) is 3.47. The van der Waals surface area contributed by atoms with Gasteiger partial charge in [0.1, 0.15) is 0 Å². The maximum Gasteiger partial charge on any atom is 0.230 e. The normalized spacial score (nSPS) is 25.3. The second-order valence-electron chi connectivity index (χ2n) is 5.88. The molecule has 1 aromatic rings. The lowest BCUT2D eigenvalue weighted by Gasteiger charge is -2.34. The second kappa shape index (κ2) is 7.64. The summed E-state index contributed by atoms with van der Waals surface area (Å²) >= 11 is 1.08. The molecule has 21 heavy (non-hydrogen) atoms. The van der Waals surface area contributed by atoms with Crippen molar-refractivity contribution < 1.29 is 9.59 Å². The van der Waals surface area contributed by atoms with Crippen molar-refractivity contribution in [3.63, 3.8) is 0 Å². The summed E-state index contributed by atoms with van der Waals surface area (Å²) in [5.41, 5.74) is 0.648. The average molecular weight is 305 g/mol. The number of benzene rings is 1. The summed E-state index contributed by atoms with van der Waals surface area (Å²) in [6, 6.07) is 9.35. The summed E-state index contributed by atoms with van der Waals surface area (Å²) in [5, 5.41) is 3.05. The predicted octanol–water partition coefficient (Wildman–Crippen LogP) is 3.50. The van der Waals surface area contributed by atoms with E-state index in [1.807, 2.05) is 18.2 Å². The molecule has 0 aromatic heterocycles. The van der Waals surface area contributed by atoms with Crippen LogP contribution in [-0.4, -0.2) is 22.8 Å². The molecule has 0 radical (unpaired) electrons. The molecule has 0 spiro atoms. The summed E-state index contributed by atoms with van der Waals surface area (Å²) in [6.07, 6.45) is 3.47. The van der Waals surface area contributed by atoms with E-state index in [-0.39, 0.29) is 22.8 Å². The van der Waals surface area contributed by atoms with Crippen molar-refractivity contribution in [1.82, 2.24) is 5.32 Å². The zero-order valence-electron chi connectivity index (χ0n) is 12.7. The van der Waals surface area contributed by atoms with Gasteiger partial charge in [0.2, 0.25) is 11.0 Å². The molecule has 1 aliphatic rings. The first kappa shape index (κ1) is 16.1. The molecule has 0 unspecified atom stereocenters. The molecule has 3 atom stereocenters. The maximum absolute atomic E-state index is 12.0. The molecule has 1 aromatic carbocycles. The Kier molecular flexibility index (Phi) is 5.85. The van der Waals surface area contributed by atoms with Crippen LogP contribution < -0.4 is 5.32 Å². The molecular formula is C17H23NO2S. The average Bonchev–Trinajstić information content (AvgIpc) is 2.50. The van der Waals surface area contributed by atoms with E-state index in [2.05, 4.69) is 19.2 Å². The predicted molar refractivity (Wildman–Crippen MR) is 87.3 cm³/mol. The van der Waals surface area contributed by atoms with Crippen LogP contribution in [0.1, 0.15) is 43.5 Å². The van der Waals surface area contributed by atoms with Crippen molar-refractivity contribution in [2.45, 2.75) is 39.2 Å². The molecule has 3 nitrogen and oxygen atoms in total. The fourth-order valence-electron chi connectivity index (χ4n) is 2.82. The van der Waals surface area contributed by atoms with Crippen molar-refractivity contribution in [2.24, 2.45) is 11.8 Å². The van der Waals surface area contributed by atoms with Crippen molar-refractivity contribution in [3.05, 3.63) is 35.9 Å². The van der Waals surface area contributed by atoms with Gasteiger partial charge in [-0.25, -0.2) is 0 Å². The Morgan fingerprint density at radius 1 is 1.19 bits per heavy atom. The first-order valence-corrected chi connectivity index (χ1v) is 8.58. The number of hydrogen-bond acceptors (Lipinski definition) is 3. The van der Waals surface area contributed by atoms with Gasteiger partial charge in [0, 0.05) is 11.6 Å². The number of carbonyl (C=O) groups excluding carboxylic acids is 2. The minimum absolute atomic E-state index is 0.0322. The van der Waals surface area contributed by atoms with Gasteiger partial charge < -0.3 is 5.32 Å². The third-order valence-corrected chi connectivity index (χ3v) is 5.30. The van der Waals surface area contributed by atoms with Crippen molar-refractivity contribution in [1.29, 1.82) is 0 Å². The zero-order valence-corrected chi connectivity index (χ0v) is 13.5. The lowest BCUT2D eigenvalue weighted by molar-refractivity contribution is -0.120. The number of hydrogen-bond donors (Lipinski definition) is 1. The van der Waals surface area contributed by atoms with Crippen molar-refractivity contribution in [3.8, 4) is 0 Å². The summed E-state index contributed by atoms with van der Waals surface area (Å²) in [5.74, 6) is 1.33. The van der Waals surface area contributed by atoms with Crippen LogP contribution in [0.2, 0.25) is 0 Å². The maximum atomic E-state index is 12.0. The molecule has 0 saturated heterocycles. The monoisotopic (exact) mass is 305 g/mol. The van der Waals surface area contributed by atoms with Gasteiger partial charge >= 0.3 is 0 Å². The number of amides is 1. The minimum atomic E-state index is -0.0455. The van der Waals surface area contributed by atoms with Gasteiger partial charge in [0.25, 0.3) is 0 Å². The van der Waals surface area contributed by atoms with Gasteiger partial charge in [-0.05, 0) is 18.3 Å². The van der Waals surface area contributed by atoms with Crippen LogP contribution in [0.25, 0.3) is 0 Å². The summed E-state index contributed by atoms with van der Waals surface area (Å²) in [4.78, 5) is 24.0. The highest BCUT2D eigenvalue weighted by atomic mass is 32.2.